The molecule has 0 aliphatic carbocycles. The van der Waals surface area contributed by atoms with Gasteiger partial charge in [0, 0.05) is 25.7 Å². The van der Waals surface area contributed by atoms with Crippen molar-refractivity contribution >= 4 is 17.4 Å². The number of anilines is 1. The Labute approximate surface area is 135 Å². The summed E-state index contributed by atoms with van der Waals surface area (Å²) in [4.78, 5) is 27.4. The quantitative estimate of drug-likeness (QED) is 0.671. The van der Waals surface area contributed by atoms with Gasteiger partial charge in [-0.2, -0.15) is 0 Å². The van der Waals surface area contributed by atoms with Crippen LogP contribution in [-0.4, -0.2) is 53.5 Å². The number of likely N-dealkylation sites (N-methyl/N-ethyl adjacent to an activating group) is 1. The number of rotatable bonds is 2. The van der Waals surface area contributed by atoms with Crippen LogP contribution in [0.4, 0.5) is 16.2 Å². The molecule has 0 aromatic heterocycles. The Morgan fingerprint density at radius 2 is 2.17 bits per heavy atom. The minimum Gasteiger partial charge on any atom is -0.320 e. The van der Waals surface area contributed by atoms with Gasteiger partial charge in [-0.25, -0.2) is 4.79 Å². The predicted octanol–water partition coefficient (Wildman–Crippen LogP) is 2.46. The summed E-state index contributed by atoms with van der Waals surface area (Å²) >= 11 is 0. The summed E-state index contributed by atoms with van der Waals surface area (Å²) in [6, 6.07) is 4.85. The molecule has 2 fully saturated rings. The van der Waals surface area contributed by atoms with Crippen LogP contribution in [0.3, 0.4) is 0 Å². The zero-order valence-electron chi connectivity index (χ0n) is 13.5. The summed E-state index contributed by atoms with van der Waals surface area (Å²) in [7, 11) is 2.08. The van der Waals surface area contributed by atoms with Crippen molar-refractivity contribution in [3.8, 4) is 0 Å². The van der Waals surface area contributed by atoms with E-state index < -0.39 is 4.92 Å². The number of carbonyl (C=O) groups excluding carboxylic acids is 1. The van der Waals surface area contributed by atoms with Crippen molar-refractivity contribution in [1.82, 2.24) is 9.80 Å². The van der Waals surface area contributed by atoms with Crippen LogP contribution < -0.4 is 5.32 Å². The van der Waals surface area contributed by atoms with Gasteiger partial charge in [0.2, 0.25) is 0 Å². The van der Waals surface area contributed by atoms with Gasteiger partial charge >= 0.3 is 6.03 Å². The minimum absolute atomic E-state index is 0.0277. The van der Waals surface area contributed by atoms with Crippen molar-refractivity contribution in [2.45, 2.75) is 25.8 Å². The summed E-state index contributed by atoms with van der Waals surface area (Å²) in [5, 5.41) is 13.9. The molecule has 2 heterocycles. The van der Waals surface area contributed by atoms with Crippen LogP contribution in [-0.2, 0) is 0 Å². The van der Waals surface area contributed by atoms with Crippen molar-refractivity contribution in [2.75, 3.05) is 32.0 Å². The molecular formula is C16H22N4O3. The summed E-state index contributed by atoms with van der Waals surface area (Å²) < 4.78 is 0. The number of amides is 2. The Kier molecular flexibility index (Phi) is 4.21. The van der Waals surface area contributed by atoms with Gasteiger partial charge in [-0.1, -0.05) is 6.07 Å². The number of nitro groups is 1. The molecule has 0 bridgehead atoms. The van der Waals surface area contributed by atoms with E-state index in [4.69, 9.17) is 0 Å². The number of hydrogen-bond donors (Lipinski definition) is 1. The molecule has 3 rings (SSSR count). The second-order valence-electron chi connectivity index (χ2n) is 6.52. The maximum atomic E-state index is 12.7. The van der Waals surface area contributed by atoms with E-state index >= 15 is 0 Å². The third kappa shape index (κ3) is 3.01. The lowest BCUT2D eigenvalue weighted by Gasteiger charge is -2.37. The highest BCUT2D eigenvalue weighted by Crippen LogP contribution is 2.31. The fraction of sp³-hybridized carbons (Fsp3) is 0.562. The van der Waals surface area contributed by atoms with Gasteiger partial charge in [-0.05, 0) is 38.8 Å². The molecule has 0 radical (unpaired) electrons. The highest BCUT2D eigenvalue weighted by Gasteiger charge is 2.39. The molecule has 124 valence electrons. The fourth-order valence-corrected chi connectivity index (χ4v) is 3.79. The van der Waals surface area contributed by atoms with E-state index in [0.29, 0.717) is 17.2 Å². The average molecular weight is 318 g/mol. The Morgan fingerprint density at radius 1 is 1.39 bits per heavy atom. The molecule has 23 heavy (non-hydrogen) atoms. The molecule has 0 unspecified atom stereocenters. The lowest BCUT2D eigenvalue weighted by atomic mass is 9.92. The second-order valence-corrected chi connectivity index (χ2v) is 6.52. The zero-order valence-corrected chi connectivity index (χ0v) is 13.5. The number of fused-ring (bicyclic) bond motifs is 1. The van der Waals surface area contributed by atoms with Crippen molar-refractivity contribution in [3.63, 3.8) is 0 Å². The van der Waals surface area contributed by atoms with Crippen molar-refractivity contribution < 1.29 is 9.72 Å². The first-order valence-electron chi connectivity index (χ1n) is 7.97. The van der Waals surface area contributed by atoms with Gasteiger partial charge in [0.15, 0.2) is 0 Å². The molecule has 2 amide bonds. The number of nitrogens with zero attached hydrogens (tertiary/aromatic N) is 3. The van der Waals surface area contributed by atoms with E-state index in [9.17, 15) is 14.9 Å². The highest BCUT2D eigenvalue weighted by molar-refractivity contribution is 5.91. The number of nitro benzene ring substituents is 1. The third-order valence-electron chi connectivity index (χ3n) is 4.97. The molecule has 7 heteroatoms. The molecule has 2 aliphatic rings. The van der Waals surface area contributed by atoms with E-state index in [1.807, 2.05) is 4.90 Å². The molecule has 7 nitrogen and oxygen atoms in total. The number of likely N-dealkylation sites (tertiary alicyclic amines) is 2. The Hall–Kier alpha value is -2.15. The number of hydrogen-bond acceptors (Lipinski definition) is 4. The van der Waals surface area contributed by atoms with E-state index in [0.717, 1.165) is 32.5 Å². The van der Waals surface area contributed by atoms with Gasteiger partial charge in [0.25, 0.3) is 5.69 Å². The normalized spacial score (nSPS) is 24.3. The van der Waals surface area contributed by atoms with E-state index in [1.54, 1.807) is 19.1 Å². The lowest BCUT2D eigenvalue weighted by molar-refractivity contribution is -0.385. The summed E-state index contributed by atoms with van der Waals surface area (Å²) in [5.41, 5.74) is 1.03. The maximum absolute atomic E-state index is 12.7. The topological polar surface area (TPSA) is 78.7 Å². The molecule has 2 atom stereocenters. The second kappa shape index (κ2) is 6.16. The van der Waals surface area contributed by atoms with Crippen molar-refractivity contribution in [1.29, 1.82) is 0 Å². The first kappa shape index (κ1) is 15.7. The number of carbonyl (C=O) groups is 1. The molecule has 2 aliphatic heterocycles. The lowest BCUT2D eigenvalue weighted by Crippen LogP contribution is -2.50. The number of urea groups is 1. The standard InChI is InChI=1S/C16H22N4O3/c1-11-13(6-3-7-14(11)20(22)23)17-16(21)19-8-4-5-12-9-18(2)10-15(12)19/h3,6-7,12,15H,4-5,8-10H2,1-2H3,(H,17,21)/t12-,15+/m0/s1. The number of nitrogens with one attached hydrogen (secondary N) is 1. The monoisotopic (exact) mass is 318 g/mol. The van der Waals surface area contributed by atoms with Crippen molar-refractivity contribution in [2.24, 2.45) is 5.92 Å². The zero-order chi connectivity index (χ0) is 16.6. The molecule has 1 N–H and O–H groups in total. The molecular weight excluding hydrogens is 296 g/mol. The first-order valence-corrected chi connectivity index (χ1v) is 7.97. The summed E-state index contributed by atoms with van der Waals surface area (Å²) in [6.45, 7) is 4.33. The van der Waals surface area contributed by atoms with E-state index in [-0.39, 0.29) is 17.8 Å². The SMILES string of the molecule is Cc1c(NC(=O)N2CCC[C@H]3CN(C)C[C@H]32)cccc1[N+](=O)[O-]. The number of piperidine rings is 1. The summed E-state index contributed by atoms with van der Waals surface area (Å²) in [5.74, 6) is 0.533. The maximum Gasteiger partial charge on any atom is 0.322 e. The molecule has 1 aromatic rings. The Morgan fingerprint density at radius 3 is 2.91 bits per heavy atom. The smallest absolute Gasteiger partial charge is 0.320 e. The number of benzene rings is 1. The van der Waals surface area contributed by atoms with Crippen molar-refractivity contribution in [3.05, 3.63) is 33.9 Å². The van der Waals surface area contributed by atoms with Gasteiger partial charge in [-0.15, -0.1) is 0 Å². The highest BCUT2D eigenvalue weighted by atomic mass is 16.6. The average Bonchev–Trinajstić information content (AvgIpc) is 2.88. The van der Waals surface area contributed by atoms with Gasteiger partial charge < -0.3 is 15.1 Å². The van der Waals surface area contributed by atoms with Gasteiger partial charge in [0.05, 0.1) is 22.2 Å². The van der Waals surface area contributed by atoms with E-state index in [2.05, 4.69) is 17.3 Å². The predicted molar refractivity (Wildman–Crippen MR) is 87.6 cm³/mol. The Bertz CT molecular complexity index is 634. The fourth-order valence-electron chi connectivity index (χ4n) is 3.79. The van der Waals surface area contributed by atoms with Gasteiger partial charge in [-0.3, -0.25) is 10.1 Å². The molecule has 0 saturated carbocycles. The van der Waals surface area contributed by atoms with Crippen LogP contribution >= 0.6 is 0 Å². The molecule has 0 spiro atoms. The molecule has 1 aromatic carbocycles. The first-order chi connectivity index (χ1) is 11.0. The minimum atomic E-state index is -0.423. The van der Waals surface area contributed by atoms with Crippen LogP contribution in [0.25, 0.3) is 0 Å². The van der Waals surface area contributed by atoms with Crippen LogP contribution in [0.5, 0.6) is 0 Å². The van der Waals surface area contributed by atoms with Crippen LogP contribution in [0.15, 0.2) is 18.2 Å². The van der Waals surface area contributed by atoms with E-state index in [1.165, 1.54) is 6.07 Å². The van der Waals surface area contributed by atoms with Gasteiger partial charge in [0.1, 0.15) is 0 Å². The largest absolute Gasteiger partial charge is 0.322 e. The van der Waals surface area contributed by atoms with Crippen LogP contribution in [0.1, 0.15) is 18.4 Å². The molecule has 2 saturated heterocycles. The Balaban J connectivity index is 1.77. The van der Waals surface area contributed by atoms with Crippen LogP contribution in [0.2, 0.25) is 0 Å². The van der Waals surface area contributed by atoms with Crippen LogP contribution in [0, 0.1) is 23.0 Å². The third-order valence-corrected chi connectivity index (χ3v) is 4.97. The summed E-state index contributed by atoms with van der Waals surface area (Å²) in [6.07, 6.45) is 2.17.